The molecule has 0 saturated carbocycles. The summed E-state index contributed by atoms with van der Waals surface area (Å²) in [5, 5.41) is 33.4. The summed E-state index contributed by atoms with van der Waals surface area (Å²) in [6.07, 6.45) is 50.9. The van der Waals surface area contributed by atoms with Crippen molar-refractivity contribution in [2.24, 2.45) is 0 Å². The summed E-state index contributed by atoms with van der Waals surface area (Å²) in [4.78, 5) is 12.5. The average molecular weight is 752 g/mol. The Kier molecular flexibility index (Phi) is 43.5. The van der Waals surface area contributed by atoms with E-state index in [0.29, 0.717) is 12.8 Å². The van der Waals surface area contributed by atoms with E-state index in [9.17, 15) is 20.1 Å². The van der Waals surface area contributed by atoms with Gasteiger partial charge in [0.25, 0.3) is 0 Å². The van der Waals surface area contributed by atoms with Crippen LogP contribution in [0.3, 0.4) is 0 Å². The highest BCUT2D eigenvalue weighted by Crippen LogP contribution is 2.18. The molecule has 0 rings (SSSR count). The number of rotatable bonds is 45. The fourth-order valence-electron chi connectivity index (χ4n) is 7.94. The molecule has 0 aromatic carbocycles. The van der Waals surface area contributed by atoms with Crippen LogP contribution in [0.2, 0.25) is 0 Å². The van der Waals surface area contributed by atoms with E-state index in [0.717, 1.165) is 25.7 Å². The second-order valence-corrected chi connectivity index (χ2v) is 17.1. The number of aliphatic hydroxyl groups is 3. The van der Waals surface area contributed by atoms with Crippen molar-refractivity contribution in [1.29, 1.82) is 0 Å². The highest BCUT2D eigenvalue weighted by atomic mass is 16.3. The van der Waals surface area contributed by atoms with E-state index in [1.807, 2.05) is 0 Å². The molecule has 0 fully saturated rings. The summed E-state index contributed by atoms with van der Waals surface area (Å²) < 4.78 is 0. The summed E-state index contributed by atoms with van der Waals surface area (Å²) in [6.45, 7) is 4.28. The average Bonchev–Trinajstić information content (AvgIpc) is 3.15. The standard InChI is InChI=1S/C48H97NO4/c1-3-5-7-9-11-13-15-17-18-19-20-21-22-23-24-25-26-27-28-30-31-33-35-37-39-41-45(51)43-48(53)49-46(44-50)47(52)42-40-38-36-34-32-29-16-14-12-10-8-6-4-2/h45-47,50-52H,3-44H2,1-2H3,(H,49,53). The van der Waals surface area contributed by atoms with E-state index in [4.69, 9.17) is 0 Å². The highest BCUT2D eigenvalue weighted by Gasteiger charge is 2.21. The molecule has 5 nitrogen and oxygen atoms in total. The molecular weight excluding hydrogens is 655 g/mol. The fourth-order valence-corrected chi connectivity index (χ4v) is 7.94. The number of amides is 1. The van der Waals surface area contributed by atoms with Crippen molar-refractivity contribution in [3.05, 3.63) is 0 Å². The van der Waals surface area contributed by atoms with Crippen LogP contribution in [0.4, 0.5) is 0 Å². The minimum atomic E-state index is -0.743. The number of hydrogen-bond acceptors (Lipinski definition) is 4. The van der Waals surface area contributed by atoms with Crippen LogP contribution in [0.15, 0.2) is 0 Å². The van der Waals surface area contributed by atoms with Crippen molar-refractivity contribution in [2.75, 3.05) is 6.61 Å². The second kappa shape index (κ2) is 44.1. The van der Waals surface area contributed by atoms with E-state index in [2.05, 4.69) is 19.2 Å². The first kappa shape index (κ1) is 52.3. The number of carbonyl (C=O) groups excluding carboxylic acids is 1. The third kappa shape index (κ3) is 40.8. The molecule has 0 aliphatic rings. The Labute approximate surface area is 332 Å². The van der Waals surface area contributed by atoms with Gasteiger partial charge >= 0.3 is 0 Å². The highest BCUT2D eigenvalue weighted by molar-refractivity contribution is 5.76. The maximum atomic E-state index is 12.5. The monoisotopic (exact) mass is 752 g/mol. The lowest BCUT2D eigenvalue weighted by Gasteiger charge is -2.23. The van der Waals surface area contributed by atoms with E-state index in [-0.39, 0.29) is 18.9 Å². The minimum Gasteiger partial charge on any atom is -0.394 e. The Bertz CT molecular complexity index is 703. The van der Waals surface area contributed by atoms with Gasteiger partial charge in [-0.05, 0) is 12.8 Å². The zero-order valence-electron chi connectivity index (χ0n) is 36.2. The molecule has 5 heteroatoms. The first-order chi connectivity index (χ1) is 26.0. The SMILES string of the molecule is CCCCCCCCCCCCCCCCCCCCCCCCCCCC(O)CC(=O)NC(CO)C(O)CCCCCCCCCCCCCCC. The van der Waals surface area contributed by atoms with Crippen LogP contribution in [-0.2, 0) is 4.79 Å². The number of carbonyl (C=O) groups is 1. The van der Waals surface area contributed by atoms with Crippen LogP contribution >= 0.6 is 0 Å². The normalized spacial score (nSPS) is 13.4. The summed E-state index contributed by atoms with van der Waals surface area (Å²) in [5.74, 6) is -0.277. The van der Waals surface area contributed by atoms with Crippen molar-refractivity contribution in [2.45, 2.75) is 295 Å². The first-order valence-electron chi connectivity index (χ1n) is 24.3. The molecule has 3 unspecified atom stereocenters. The van der Waals surface area contributed by atoms with Gasteiger partial charge in [-0.1, -0.05) is 258 Å². The Morgan fingerprint density at radius 2 is 0.642 bits per heavy atom. The topological polar surface area (TPSA) is 89.8 Å². The van der Waals surface area contributed by atoms with Gasteiger partial charge in [0.05, 0.1) is 31.3 Å². The third-order valence-electron chi connectivity index (χ3n) is 11.7. The Morgan fingerprint density at radius 3 is 0.906 bits per heavy atom. The second-order valence-electron chi connectivity index (χ2n) is 17.1. The van der Waals surface area contributed by atoms with Gasteiger partial charge in [-0.15, -0.1) is 0 Å². The summed E-state index contributed by atoms with van der Waals surface area (Å²) >= 11 is 0. The van der Waals surface area contributed by atoms with Crippen LogP contribution < -0.4 is 5.32 Å². The van der Waals surface area contributed by atoms with Gasteiger partial charge in [0.15, 0.2) is 0 Å². The smallest absolute Gasteiger partial charge is 0.222 e. The summed E-state index contributed by atoms with van der Waals surface area (Å²) in [7, 11) is 0. The largest absolute Gasteiger partial charge is 0.394 e. The fraction of sp³-hybridized carbons (Fsp3) is 0.979. The molecule has 3 atom stereocenters. The Morgan fingerprint density at radius 1 is 0.396 bits per heavy atom. The molecule has 0 spiro atoms. The lowest BCUT2D eigenvalue weighted by atomic mass is 10.0. The van der Waals surface area contributed by atoms with Crippen molar-refractivity contribution >= 4 is 5.91 Å². The Balaban J connectivity index is 3.49. The molecular formula is C48H97NO4. The zero-order chi connectivity index (χ0) is 38.7. The molecule has 0 saturated heterocycles. The van der Waals surface area contributed by atoms with E-state index < -0.39 is 18.2 Å². The number of aliphatic hydroxyl groups excluding tert-OH is 3. The van der Waals surface area contributed by atoms with Crippen LogP contribution in [0, 0.1) is 0 Å². The molecule has 53 heavy (non-hydrogen) atoms. The van der Waals surface area contributed by atoms with E-state index in [1.54, 1.807) is 0 Å². The zero-order valence-corrected chi connectivity index (χ0v) is 36.2. The quantitative estimate of drug-likeness (QED) is 0.0466. The molecule has 0 aliphatic carbocycles. The van der Waals surface area contributed by atoms with Crippen LogP contribution in [0.5, 0.6) is 0 Å². The third-order valence-corrected chi connectivity index (χ3v) is 11.7. The first-order valence-corrected chi connectivity index (χ1v) is 24.3. The van der Waals surface area contributed by atoms with E-state index >= 15 is 0 Å². The number of unbranched alkanes of at least 4 members (excludes halogenated alkanes) is 36. The molecule has 0 aromatic rings. The van der Waals surface area contributed by atoms with Crippen LogP contribution in [0.25, 0.3) is 0 Å². The van der Waals surface area contributed by atoms with Crippen LogP contribution in [0.1, 0.15) is 277 Å². The molecule has 0 aliphatic heterocycles. The van der Waals surface area contributed by atoms with Gasteiger partial charge in [-0.2, -0.15) is 0 Å². The van der Waals surface area contributed by atoms with Gasteiger partial charge in [0, 0.05) is 0 Å². The molecule has 318 valence electrons. The Hall–Kier alpha value is -0.650. The number of nitrogens with one attached hydrogen (secondary N) is 1. The predicted molar refractivity (Wildman–Crippen MR) is 232 cm³/mol. The molecule has 0 bridgehead atoms. The van der Waals surface area contributed by atoms with Gasteiger partial charge in [-0.25, -0.2) is 0 Å². The van der Waals surface area contributed by atoms with E-state index in [1.165, 1.54) is 218 Å². The van der Waals surface area contributed by atoms with Gasteiger partial charge < -0.3 is 20.6 Å². The van der Waals surface area contributed by atoms with Crippen molar-refractivity contribution in [3.63, 3.8) is 0 Å². The molecule has 0 radical (unpaired) electrons. The lowest BCUT2D eigenvalue weighted by Crippen LogP contribution is -2.46. The van der Waals surface area contributed by atoms with Gasteiger partial charge in [0.2, 0.25) is 5.91 Å². The van der Waals surface area contributed by atoms with Crippen molar-refractivity contribution in [3.8, 4) is 0 Å². The summed E-state index contributed by atoms with van der Waals surface area (Å²) in [6, 6.07) is -0.652. The van der Waals surface area contributed by atoms with Gasteiger partial charge in [-0.3, -0.25) is 4.79 Å². The molecule has 0 aromatic heterocycles. The van der Waals surface area contributed by atoms with Crippen LogP contribution in [-0.4, -0.2) is 46.1 Å². The summed E-state index contributed by atoms with van der Waals surface area (Å²) in [5.41, 5.74) is 0. The lowest BCUT2D eigenvalue weighted by molar-refractivity contribution is -0.125. The maximum Gasteiger partial charge on any atom is 0.222 e. The maximum absolute atomic E-state index is 12.5. The van der Waals surface area contributed by atoms with Crippen molar-refractivity contribution < 1.29 is 20.1 Å². The van der Waals surface area contributed by atoms with Crippen molar-refractivity contribution in [1.82, 2.24) is 5.32 Å². The predicted octanol–water partition coefficient (Wildman–Crippen LogP) is 14.2. The molecule has 0 heterocycles. The minimum absolute atomic E-state index is 0.0430. The van der Waals surface area contributed by atoms with Gasteiger partial charge in [0.1, 0.15) is 0 Å². The number of hydrogen-bond donors (Lipinski definition) is 4. The molecule has 1 amide bonds. The molecule has 4 N–H and O–H groups in total.